The van der Waals surface area contributed by atoms with Gasteiger partial charge in [-0.1, -0.05) is 30.3 Å². The quantitative estimate of drug-likeness (QED) is 0.548. The Morgan fingerprint density at radius 2 is 1.87 bits per heavy atom. The van der Waals surface area contributed by atoms with Crippen molar-refractivity contribution in [2.45, 2.75) is 26.4 Å². The van der Waals surface area contributed by atoms with Gasteiger partial charge in [0.25, 0.3) is 5.56 Å². The summed E-state index contributed by atoms with van der Waals surface area (Å²) < 4.78 is 0. The van der Waals surface area contributed by atoms with Crippen LogP contribution in [0.25, 0.3) is 22.6 Å². The van der Waals surface area contributed by atoms with E-state index in [1.54, 1.807) is 23.7 Å². The van der Waals surface area contributed by atoms with Gasteiger partial charge in [-0.3, -0.25) is 14.7 Å². The summed E-state index contributed by atoms with van der Waals surface area (Å²) in [5, 5.41) is 1.06. The van der Waals surface area contributed by atoms with Crippen LogP contribution in [-0.4, -0.2) is 31.4 Å². The fraction of sp³-hybridized carbons (Fsp3) is 0.217. The van der Waals surface area contributed by atoms with Crippen molar-refractivity contribution in [3.63, 3.8) is 0 Å². The van der Waals surface area contributed by atoms with Crippen molar-refractivity contribution < 1.29 is 0 Å². The summed E-state index contributed by atoms with van der Waals surface area (Å²) in [5.74, 6) is 0.610. The molecule has 0 saturated heterocycles. The van der Waals surface area contributed by atoms with Gasteiger partial charge in [0, 0.05) is 54.5 Å². The number of aromatic amines is 1. The van der Waals surface area contributed by atoms with E-state index in [2.05, 4.69) is 27.0 Å². The van der Waals surface area contributed by atoms with E-state index >= 15 is 0 Å². The van der Waals surface area contributed by atoms with E-state index in [9.17, 15) is 4.79 Å². The summed E-state index contributed by atoms with van der Waals surface area (Å²) in [6, 6.07) is 14.0. The Balaban J connectivity index is 1.41. The SMILES string of the molecule is Cc1nc(-c2ccccc2)c(CN2CCc3nc(-c4ccncc4)[nH]c(=O)c3C2)s1. The molecular weight excluding hydrogens is 394 g/mol. The highest BCUT2D eigenvalue weighted by Gasteiger charge is 2.23. The van der Waals surface area contributed by atoms with Gasteiger partial charge in [-0.15, -0.1) is 11.3 Å². The monoisotopic (exact) mass is 415 g/mol. The minimum absolute atomic E-state index is 0.0553. The molecule has 3 aromatic heterocycles. The number of benzene rings is 1. The van der Waals surface area contributed by atoms with Gasteiger partial charge in [0.1, 0.15) is 5.82 Å². The van der Waals surface area contributed by atoms with E-state index in [1.165, 1.54) is 4.88 Å². The lowest BCUT2D eigenvalue weighted by molar-refractivity contribution is 0.244. The number of aryl methyl sites for hydroxylation is 1. The van der Waals surface area contributed by atoms with Crippen LogP contribution >= 0.6 is 11.3 Å². The first-order valence-corrected chi connectivity index (χ1v) is 10.8. The molecule has 0 fully saturated rings. The third-order valence-electron chi connectivity index (χ3n) is 5.32. The Labute approximate surface area is 178 Å². The first-order chi connectivity index (χ1) is 14.7. The summed E-state index contributed by atoms with van der Waals surface area (Å²) in [6.07, 6.45) is 4.17. The van der Waals surface area contributed by atoms with E-state index in [1.807, 2.05) is 37.3 Å². The smallest absolute Gasteiger partial charge is 0.255 e. The first kappa shape index (κ1) is 18.8. The average Bonchev–Trinajstić information content (AvgIpc) is 3.15. The van der Waals surface area contributed by atoms with Gasteiger partial charge in [-0.2, -0.15) is 0 Å². The van der Waals surface area contributed by atoms with E-state index in [4.69, 9.17) is 9.97 Å². The van der Waals surface area contributed by atoms with Crippen LogP contribution in [0.2, 0.25) is 0 Å². The van der Waals surface area contributed by atoms with Gasteiger partial charge in [-0.05, 0) is 19.1 Å². The van der Waals surface area contributed by atoms with Crippen LogP contribution in [0.15, 0.2) is 59.7 Å². The van der Waals surface area contributed by atoms with Gasteiger partial charge >= 0.3 is 0 Å². The molecule has 0 amide bonds. The van der Waals surface area contributed by atoms with Crippen molar-refractivity contribution in [2.75, 3.05) is 6.54 Å². The molecule has 0 aliphatic carbocycles. The van der Waals surface area contributed by atoms with E-state index < -0.39 is 0 Å². The van der Waals surface area contributed by atoms with E-state index in [-0.39, 0.29) is 5.56 Å². The van der Waals surface area contributed by atoms with Crippen molar-refractivity contribution in [3.8, 4) is 22.6 Å². The molecule has 0 radical (unpaired) electrons. The lowest BCUT2D eigenvalue weighted by atomic mass is 10.1. The number of H-pyrrole nitrogens is 1. The number of nitrogens with zero attached hydrogens (tertiary/aromatic N) is 4. The number of fused-ring (bicyclic) bond motifs is 1. The molecule has 0 bridgehead atoms. The predicted octanol–water partition coefficient (Wildman–Crippen LogP) is 3.82. The molecule has 4 aromatic rings. The molecule has 150 valence electrons. The summed E-state index contributed by atoms with van der Waals surface area (Å²) >= 11 is 1.73. The molecule has 0 unspecified atom stereocenters. The van der Waals surface area contributed by atoms with Gasteiger partial charge < -0.3 is 4.98 Å². The zero-order valence-electron chi connectivity index (χ0n) is 16.6. The van der Waals surface area contributed by atoms with Crippen LogP contribution in [0.3, 0.4) is 0 Å². The van der Waals surface area contributed by atoms with Gasteiger partial charge in [0.05, 0.1) is 22.0 Å². The van der Waals surface area contributed by atoms with Crippen molar-refractivity contribution in [1.82, 2.24) is 24.8 Å². The van der Waals surface area contributed by atoms with Crippen LogP contribution in [-0.2, 0) is 19.5 Å². The normalized spacial score (nSPS) is 13.9. The minimum Gasteiger partial charge on any atom is -0.306 e. The van der Waals surface area contributed by atoms with Gasteiger partial charge in [0.2, 0.25) is 0 Å². The molecule has 1 aromatic carbocycles. The second kappa shape index (κ2) is 7.93. The van der Waals surface area contributed by atoms with E-state index in [0.717, 1.165) is 52.6 Å². The maximum atomic E-state index is 12.8. The fourth-order valence-electron chi connectivity index (χ4n) is 3.86. The van der Waals surface area contributed by atoms with Crippen molar-refractivity contribution >= 4 is 11.3 Å². The highest BCUT2D eigenvalue weighted by molar-refractivity contribution is 7.12. The van der Waals surface area contributed by atoms with E-state index in [0.29, 0.717) is 12.4 Å². The Hall–Kier alpha value is -3.16. The van der Waals surface area contributed by atoms with Crippen molar-refractivity contribution in [3.05, 3.63) is 86.4 Å². The number of hydrogen-bond donors (Lipinski definition) is 1. The van der Waals surface area contributed by atoms with Crippen LogP contribution in [0.4, 0.5) is 0 Å². The summed E-state index contributed by atoms with van der Waals surface area (Å²) in [6.45, 7) is 4.28. The topological polar surface area (TPSA) is 74.8 Å². The fourth-order valence-corrected chi connectivity index (χ4v) is 4.86. The number of thiazole rings is 1. The number of pyridine rings is 1. The number of aromatic nitrogens is 4. The van der Waals surface area contributed by atoms with Crippen LogP contribution in [0.1, 0.15) is 21.1 Å². The summed E-state index contributed by atoms with van der Waals surface area (Å²) in [5.41, 5.74) is 4.66. The largest absolute Gasteiger partial charge is 0.306 e. The average molecular weight is 416 g/mol. The second-order valence-corrected chi connectivity index (χ2v) is 8.69. The second-order valence-electron chi connectivity index (χ2n) is 7.41. The first-order valence-electron chi connectivity index (χ1n) is 9.94. The van der Waals surface area contributed by atoms with Crippen LogP contribution in [0.5, 0.6) is 0 Å². The van der Waals surface area contributed by atoms with Crippen molar-refractivity contribution in [1.29, 1.82) is 0 Å². The molecule has 1 aliphatic heterocycles. The molecule has 0 spiro atoms. The molecule has 4 heterocycles. The van der Waals surface area contributed by atoms with Crippen LogP contribution in [0, 0.1) is 6.92 Å². The molecule has 6 nitrogen and oxygen atoms in total. The molecule has 5 rings (SSSR count). The Bertz CT molecular complexity index is 1230. The lowest BCUT2D eigenvalue weighted by Crippen LogP contribution is -2.35. The summed E-state index contributed by atoms with van der Waals surface area (Å²) in [4.78, 5) is 32.8. The summed E-state index contributed by atoms with van der Waals surface area (Å²) in [7, 11) is 0. The maximum Gasteiger partial charge on any atom is 0.255 e. The highest BCUT2D eigenvalue weighted by atomic mass is 32.1. The zero-order chi connectivity index (χ0) is 20.5. The number of rotatable bonds is 4. The predicted molar refractivity (Wildman–Crippen MR) is 118 cm³/mol. The molecule has 1 N–H and O–H groups in total. The third kappa shape index (κ3) is 3.69. The third-order valence-corrected chi connectivity index (χ3v) is 6.28. The van der Waals surface area contributed by atoms with Gasteiger partial charge in [-0.25, -0.2) is 9.97 Å². The standard InChI is InChI=1S/C23H21N5OS/c1-15-25-21(16-5-3-2-4-6-16)20(30-15)14-28-12-9-19-18(13-28)23(29)27-22(26-19)17-7-10-24-11-8-17/h2-8,10-11H,9,12-14H2,1H3,(H,26,27,29). The molecule has 0 saturated carbocycles. The Morgan fingerprint density at radius 3 is 2.67 bits per heavy atom. The number of hydrogen-bond acceptors (Lipinski definition) is 6. The highest BCUT2D eigenvalue weighted by Crippen LogP contribution is 2.30. The van der Waals surface area contributed by atoms with Gasteiger partial charge in [0.15, 0.2) is 0 Å². The zero-order valence-corrected chi connectivity index (χ0v) is 17.4. The lowest BCUT2D eigenvalue weighted by Gasteiger charge is -2.27. The molecular formula is C23H21N5OS. The minimum atomic E-state index is -0.0553. The Morgan fingerprint density at radius 1 is 1.07 bits per heavy atom. The molecule has 0 atom stereocenters. The number of nitrogens with one attached hydrogen (secondary N) is 1. The van der Waals surface area contributed by atoms with Crippen LogP contribution < -0.4 is 5.56 Å². The molecule has 7 heteroatoms. The maximum absolute atomic E-state index is 12.8. The Kier molecular flexibility index (Phi) is 4.98. The molecule has 30 heavy (non-hydrogen) atoms. The molecule has 1 aliphatic rings. The van der Waals surface area contributed by atoms with Crippen molar-refractivity contribution in [2.24, 2.45) is 0 Å².